The molecule has 1 aromatic carbocycles. The van der Waals surface area contributed by atoms with E-state index >= 15 is 0 Å². The fraction of sp³-hybridized carbons (Fsp3) is 0.476. The number of benzene rings is 1. The monoisotopic (exact) mass is 540 g/mol. The van der Waals surface area contributed by atoms with Crippen LogP contribution in [-0.2, 0) is 15.8 Å². The number of phenolic OH excluding ortho intramolecular Hbond substituents is 1. The number of rotatable bonds is 4. The molecule has 4 atom stereocenters. The van der Waals surface area contributed by atoms with E-state index in [1.165, 1.54) is 4.90 Å². The van der Waals surface area contributed by atoms with Crippen LogP contribution in [0.2, 0.25) is 0 Å². The van der Waals surface area contributed by atoms with Gasteiger partial charge in [-0.15, -0.1) is 0 Å². The van der Waals surface area contributed by atoms with Crippen LogP contribution in [0, 0.1) is 0 Å². The second kappa shape index (κ2) is 8.19. The molecule has 17 heteroatoms. The number of aromatic hydroxyl groups is 1. The number of imide groups is 1. The first-order valence-electron chi connectivity index (χ1n) is 11.4. The molecular formula is C21H23F3N8O6. The third-order valence-corrected chi connectivity index (χ3v) is 7.20. The fourth-order valence-corrected chi connectivity index (χ4v) is 5.39. The van der Waals surface area contributed by atoms with Crippen molar-refractivity contribution >= 4 is 29.6 Å². The summed E-state index contributed by atoms with van der Waals surface area (Å²) in [4.78, 5) is 47.9. The largest absolute Gasteiger partial charge is 0.507 e. The van der Waals surface area contributed by atoms with E-state index in [2.05, 4.69) is 20.6 Å². The van der Waals surface area contributed by atoms with E-state index in [1.807, 2.05) is 0 Å². The molecule has 9 N–H and O–H groups in total. The first-order chi connectivity index (χ1) is 17.7. The normalized spacial score (nSPS) is 30.0. The van der Waals surface area contributed by atoms with Gasteiger partial charge in [0.2, 0.25) is 17.6 Å². The van der Waals surface area contributed by atoms with E-state index < -0.39 is 70.3 Å². The molecule has 1 aromatic rings. The van der Waals surface area contributed by atoms with Crippen molar-refractivity contribution in [1.82, 2.24) is 20.4 Å². The van der Waals surface area contributed by atoms with Crippen LogP contribution in [0.1, 0.15) is 28.8 Å². The van der Waals surface area contributed by atoms with Gasteiger partial charge in [-0.3, -0.25) is 19.3 Å². The second-order valence-corrected chi connectivity index (χ2v) is 9.40. The van der Waals surface area contributed by atoms with Gasteiger partial charge in [-0.05, 0) is 18.2 Å². The molecule has 2 unspecified atom stereocenters. The van der Waals surface area contributed by atoms with Crippen molar-refractivity contribution in [1.29, 1.82) is 0 Å². The number of hydrogen-bond acceptors (Lipinski definition) is 12. The highest BCUT2D eigenvalue weighted by Gasteiger charge is 2.73. The average Bonchev–Trinajstić information content (AvgIpc) is 3.41. The van der Waals surface area contributed by atoms with Crippen LogP contribution in [0.3, 0.4) is 0 Å². The van der Waals surface area contributed by atoms with Crippen LogP contribution in [0.5, 0.6) is 5.75 Å². The SMILES string of the molecule is NC1=N[C@H]2C(CN3C(=O)CCC3=O)N=C(N)N3CC(NC(=O)c4ccc(O)c(C(F)(F)F)c4)C(O)(O)[C@]23N1. The minimum atomic E-state index is -4.95. The predicted molar refractivity (Wildman–Crippen MR) is 121 cm³/mol. The standard InChI is InChI=1S/C21H23F3N8O6/c22-21(23,24)9-5-8(1-2-11(9)33)16(36)28-12-7-32-18(26)27-10(6-31-13(34)3-4-14(31)35)15-19(32,20(12,37)38)30-17(25)29-15/h1-2,5,10,12,15,33,37-38H,3-4,6-7H2,(H2,26,27)(H,28,36)(H3,25,29,30)/t10?,12?,15-,19-/m0/s1. The van der Waals surface area contributed by atoms with E-state index in [0.717, 1.165) is 11.0 Å². The summed E-state index contributed by atoms with van der Waals surface area (Å²) in [5, 5.41) is 37.3. The van der Waals surface area contributed by atoms with Gasteiger partial charge < -0.3 is 42.3 Å². The molecule has 0 saturated carbocycles. The summed E-state index contributed by atoms with van der Waals surface area (Å²) in [7, 11) is 0. The van der Waals surface area contributed by atoms with E-state index in [4.69, 9.17) is 11.5 Å². The fourth-order valence-electron chi connectivity index (χ4n) is 5.39. The van der Waals surface area contributed by atoms with Crippen LogP contribution in [0.25, 0.3) is 0 Å². The molecule has 204 valence electrons. The number of guanidine groups is 2. The molecule has 4 aliphatic heterocycles. The van der Waals surface area contributed by atoms with Crippen LogP contribution in [0.15, 0.2) is 28.2 Å². The van der Waals surface area contributed by atoms with Crippen LogP contribution < -0.4 is 22.1 Å². The minimum absolute atomic E-state index is 0.0156. The lowest BCUT2D eigenvalue weighted by Crippen LogP contribution is -2.78. The number of likely N-dealkylation sites (tertiary alicyclic amines) is 1. The molecule has 2 fully saturated rings. The van der Waals surface area contributed by atoms with Gasteiger partial charge in [0.1, 0.15) is 17.8 Å². The number of phenols is 1. The Labute approximate surface area is 211 Å². The molecule has 5 rings (SSSR count). The lowest BCUT2D eigenvalue weighted by atomic mass is 9.84. The Hall–Kier alpha value is -4.12. The van der Waals surface area contributed by atoms with E-state index in [1.54, 1.807) is 0 Å². The molecule has 0 aromatic heterocycles. The van der Waals surface area contributed by atoms with Crippen molar-refractivity contribution in [2.24, 2.45) is 21.5 Å². The Kier molecular flexibility index (Phi) is 5.50. The first-order valence-corrected chi connectivity index (χ1v) is 11.4. The maximum atomic E-state index is 13.2. The topological polar surface area (TPSA) is 219 Å². The Morgan fingerprint density at radius 2 is 1.84 bits per heavy atom. The third kappa shape index (κ3) is 3.60. The van der Waals surface area contributed by atoms with Crippen LogP contribution >= 0.6 is 0 Å². The van der Waals surface area contributed by atoms with Crippen molar-refractivity contribution in [2.75, 3.05) is 13.1 Å². The number of nitrogens with two attached hydrogens (primary N) is 2. The molecule has 0 radical (unpaired) electrons. The van der Waals surface area contributed by atoms with Crippen molar-refractivity contribution in [2.45, 2.75) is 48.6 Å². The van der Waals surface area contributed by atoms with E-state index in [-0.39, 0.29) is 37.9 Å². The summed E-state index contributed by atoms with van der Waals surface area (Å²) in [6, 6.07) is -1.74. The number of carbonyl (C=O) groups is 3. The number of amides is 3. The number of aliphatic imine (C=N–C) groups is 2. The molecule has 0 bridgehead atoms. The molecule has 1 spiro atoms. The zero-order valence-corrected chi connectivity index (χ0v) is 19.4. The number of carbonyl (C=O) groups excluding carboxylic acids is 3. The number of hydrogen-bond donors (Lipinski definition) is 7. The maximum Gasteiger partial charge on any atom is 0.419 e. The lowest BCUT2D eigenvalue weighted by Gasteiger charge is -2.49. The Morgan fingerprint density at radius 3 is 2.47 bits per heavy atom. The lowest BCUT2D eigenvalue weighted by molar-refractivity contribution is -0.230. The highest BCUT2D eigenvalue weighted by atomic mass is 19.4. The van der Waals surface area contributed by atoms with Gasteiger partial charge in [0.15, 0.2) is 17.6 Å². The van der Waals surface area contributed by atoms with Gasteiger partial charge in [-0.2, -0.15) is 13.2 Å². The molecule has 0 aliphatic carbocycles. The molecule has 14 nitrogen and oxygen atoms in total. The first kappa shape index (κ1) is 25.5. The van der Waals surface area contributed by atoms with Crippen molar-refractivity contribution in [3.8, 4) is 5.75 Å². The van der Waals surface area contributed by atoms with E-state index in [9.17, 15) is 42.9 Å². The van der Waals surface area contributed by atoms with Gasteiger partial charge in [0.05, 0.1) is 18.2 Å². The summed E-state index contributed by atoms with van der Waals surface area (Å²) in [5.41, 5.74) is 8.05. The summed E-state index contributed by atoms with van der Waals surface area (Å²) in [6.45, 7) is -0.642. The zero-order chi connectivity index (χ0) is 27.8. The predicted octanol–water partition coefficient (Wildman–Crippen LogP) is -2.67. The summed E-state index contributed by atoms with van der Waals surface area (Å²) >= 11 is 0. The molecule has 38 heavy (non-hydrogen) atoms. The number of alkyl halides is 3. The summed E-state index contributed by atoms with van der Waals surface area (Å²) < 4.78 is 39.6. The van der Waals surface area contributed by atoms with Gasteiger partial charge >= 0.3 is 6.18 Å². The van der Waals surface area contributed by atoms with Gasteiger partial charge in [-0.25, -0.2) is 9.98 Å². The summed E-state index contributed by atoms with van der Waals surface area (Å²) in [5.74, 6) is -6.43. The van der Waals surface area contributed by atoms with Crippen molar-refractivity contribution < 1.29 is 42.9 Å². The molecule has 2 saturated heterocycles. The molecule has 3 amide bonds. The molecular weight excluding hydrogens is 517 g/mol. The number of nitrogens with zero attached hydrogens (tertiary/aromatic N) is 4. The highest BCUT2D eigenvalue weighted by molar-refractivity contribution is 6.02. The smallest absolute Gasteiger partial charge is 0.419 e. The Balaban J connectivity index is 1.45. The Morgan fingerprint density at radius 1 is 1.18 bits per heavy atom. The number of nitrogens with one attached hydrogen (secondary N) is 2. The van der Waals surface area contributed by atoms with Gasteiger partial charge in [0, 0.05) is 24.9 Å². The third-order valence-electron chi connectivity index (χ3n) is 7.20. The van der Waals surface area contributed by atoms with Crippen LogP contribution in [0.4, 0.5) is 13.2 Å². The average molecular weight is 540 g/mol. The van der Waals surface area contributed by atoms with Crippen molar-refractivity contribution in [3.05, 3.63) is 29.3 Å². The van der Waals surface area contributed by atoms with Gasteiger partial charge in [0.25, 0.3) is 5.91 Å². The summed E-state index contributed by atoms with van der Waals surface area (Å²) in [6.07, 6.45) is -4.91. The number of halogens is 3. The zero-order valence-electron chi connectivity index (χ0n) is 19.4. The van der Waals surface area contributed by atoms with Crippen LogP contribution in [-0.4, -0.2) is 97.4 Å². The quantitative estimate of drug-likeness (QED) is 0.155. The Bertz CT molecular complexity index is 1280. The highest BCUT2D eigenvalue weighted by Crippen LogP contribution is 2.45. The minimum Gasteiger partial charge on any atom is -0.507 e. The van der Waals surface area contributed by atoms with Gasteiger partial charge in [-0.1, -0.05) is 0 Å². The van der Waals surface area contributed by atoms with Crippen molar-refractivity contribution in [3.63, 3.8) is 0 Å². The maximum absolute atomic E-state index is 13.2. The van der Waals surface area contributed by atoms with E-state index in [0.29, 0.717) is 12.1 Å². The molecule has 4 aliphatic rings. The molecule has 4 heterocycles. The number of aliphatic hydroxyl groups is 2. The second-order valence-electron chi connectivity index (χ2n) is 9.40.